The van der Waals surface area contributed by atoms with Crippen LogP contribution in [-0.2, 0) is 22.4 Å². The molecule has 1 N–H and O–H groups in total. The first-order valence-electron chi connectivity index (χ1n) is 6.80. The first-order valence-corrected chi connectivity index (χ1v) is 6.80. The molecule has 0 heterocycles. The second kappa shape index (κ2) is 6.37. The Morgan fingerprint density at radius 3 is 2.70 bits per heavy atom. The lowest BCUT2D eigenvalue weighted by Crippen LogP contribution is -2.41. The maximum atomic E-state index is 12.4. The SMILES string of the molecule is C=CCN(CC(=O)O)C(=O)C1CCc2ccccc2C1. The van der Waals surface area contributed by atoms with E-state index in [1.807, 2.05) is 18.2 Å². The lowest BCUT2D eigenvalue weighted by Gasteiger charge is -2.28. The van der Waals surface area contributed by atoms with Crippen molar-refractivity contribution in [2.45, 2.75) is 19.3 Å². The van der Waals surface area contributed by atoms with E-state index in [0.717, 1.165) is 12.8 Å². The Bertz CT molecular complexity index is 524. The van der Waals surface area contributed by atoms with Gasteiger partial charge in [-0.15, -0.1) is 6.58 Å². The summed E-state index contributed by atoms with van der Waals surface area (Å²) in [7, 11) is 0. The molecular weight excluding hydrogens is 254 g/mol. The summed E-state index contributed by atoms with van der Waals surface area (Å²) in [5, 5.41) is 8.89. The van der Waals surface area contributed by atoms with E-state index in [0.29, 0.717) is 6.42 Å². The molecule has 1 aromatic carbocycles. The summed E-state index contributed by atoms with van der Waals surface area (Å²) in [5.74, 6) is -1.19. The average Bonchev–Trinajstić information content (AvgIpc) is 2.45. The Morgan fingerprint density at radius 1 is 1.35 bits per heavy atom. The minimum atomic E-state index is -0.989. The van der Waals surface area contributed by atoms with Crippen LogP contribution in [0.1, 0.15) is 17.5 Å². The van der Waals surface area contributed by atoms with Gasteiger partial charge in [0.1, 0.15) is 6.54 Å². The summed E-state index contributed by atoms with van der Waals surface area (Å²) < 4.78 is 0. The highest BCUT2D eigenvalue weighted by molar-refractivity contribution is 5.83. The predicted octanol–water partition coefficient (Wildman–Crippen LogP) is 1.89. The molecule has 0 saturated heterocycles. The third-order valence-electron chi connectivity index (χ3n) is 3.68. The zero-order valence-corrected chi connectivity index (χ0v) is 11.4. The van der Waals surface area contributed by atoms with E-state index in [4.69, 9.17) is 5.11 Å². The van der Waals surface area contributed by atoms with Gasteiger partial charge in [0.25, 0.3) is 0 Å². The molecular formula is C16H19NO3. The van der Waals surface area contributed by atoms with E-state index in [9.17, 15) is 9.59 Å². The van der Waals surface area contributed by atoms with Crippen molar-refractivity contribution in [3.05, 3.63) is 48.0 Å². The van der Waals surface area contributed by atoms with Gasteiger partial charge in [-0.1, -0.05) is 30.3 Å². The second-order valence-corrected chi connectivity index (χ2v) is 5.11. The smallest absolute Gasteiger partial charge is 0.323 e. The van der Waals surface area contributed by atoms with Crippen LogP contribution in [0.15, 0.2) is 36.9 Å². The van der Waals surface area contributed by atoms with Gasteiger partial charge < -0.3 is 10.0 Å². The van der Waals surface area contributed by atoms with Crippen LogP contribution in [0.5, 0.6) is 0 Å². The number of fused-ring (bicyclic) bond motifs is 1. The van der Waals surface area contributed by atoms with E-state index in [1.165, 1.54) is 16.0 Å². The van der Waals surface area contributed by atoms with Gasteiger partial charge in [-0.2, -0.15) is 0 Å². The normalized spacial score (nSPS) is 17.1. The van der Waals surface area contributed by atoms with Crippen LogP contribution in [0.2, 0.25) is 0 Å². The Labute approximate surface area is 118 Å². The van der Waals surface area contributed by atoms with Crippen LogP contribution < -0.4 is 0 Å². The molecule has 106 valence electrons. The van der Waals surface area contributed by atoms with Crippen LogP contribution >= 0.6 is 0 Å². The number of hydrogen-bond acceptors (Lipinski definition) is 2. The zero-order valence-electron chi connectivity index (χ0n) is 11.4. The molecule has 1 amide bonds. The molecule has 0 aliphatic heterocycles. The van der Waals surface area contributed by atoms with Crippen molar-refractivity contribution in [2.24, 2.45) is 5.92 Å². The Kier molecular flexibility index (Phi) is 4.56. The van der Waals surface area contributed by atoms with E-state index < -0.39 is 5.97 Å². The van der Waals surface area contributed by atoms with Crippen molar-refractivity contribution < 1.29 is 14.7 Å². The monoisotopic (exact) mass is 273 g/mol. The average molecular weight is 273 g/mol. The number of carboxylic acid groups (broad SMARTS) is 1. The number of carbonyl (C=O) groups is 2. The molecule has 1 aliphatic carbocycles. The fraction of sp³-hybridized carbons (Fsp3) is 0.375. The van der Waals surface area contributed by atoms with Gasteiger partial charge in [0.15, 0.2) is 0 Å². The first kappa shape index (κ1) is 14.3. The molecule has 0 fully saturated rings. The first-order chi connectivity index (χ1) is 9.61. The largest absolute Gasteiger partial charge is 0.480 e. The Hall–Kier alpha value is -2.10. The summed E-state index contributed by atoms with van der Waals surface area (Å²) >= 11 is 0. The van der Waals surface area contributed by atoms with Crippen molar-refractivity contribution in [1.82, 2.24) is 4.90 Å². The molecule has 0 radical (unpaired) electrons. The number of carbonyl (C=O) groups excluding carboxylic acids is 1. The van der Waals surface area contributed by atoms with Crippen molar-refractivity contribution in [3.8, 4) is 0 Å². The summed E-state index contributed by atoms with van der Waals surface area (Å²) in [5.41, 5.74) is 2.50. The van der Waals surface area contributed by atoms with Gasteiger partial charge in [-0.3, -0.25) is 9.59 Å². The number of aryl methyl sites for hydroxylation is 1. The highest BCUT2D eigenvalue weighted by atomic mass is 16.4. The maximum Gasteiger partial charge on any atom is 0.323 e. The van der Waals surface area contributed by atoms with Gasteiger partial charge in [0.2, 0.25) is 5.91 Å². The molecule has 1 unspecified atom stereocenters. The molecule has 0 bridgehead atoms. The number of rotatable bonds is 5. The molecule has 20 heavy (non-hydrogen) atoms. The van der Waals surface area contributed by atoms with Gasteiger partial charge >= 0.3 is 5.97 Å². The minimum Gasteiger partial charge on any atom is -0.480 e. The third kappa shape index (κ3) is 3.26. The molecule has 1 atom stereocenters. The minimum absolute atomic E-state index is 0.0817. The molecule has 0 spiro atoms. The second-order valence-electron chi connectivity index (χ2n) is 5.11. The van der Waals surface area contributed by atoms with Gasteiger partial charge in [0, 0.05) is 12.5 Å². The summed E-state index contributed by atoms with van der Waals surface area (Å²) in [6, 6.07) is 8.12. The molecule has 2 rings (SSSR count). The number of hydrogen-bond donors (Lipinski definition) is 1. The van der Waals surface area contributed by atoms with Crippen LogP contribution in [-0.4, -0.2) is 35.0 Å². The summed E-state index contributed by atoms with van der Waals surface area (Å²) in [6.45, 7) is 3.60. The molecule has 4 nitrogen and oxygen atoms in total. The standard InChI is InChI=1S/C16H19NO3/c1-2-9-17(11-15(18)19)16(20)14-8-7-12-5-3-4-6-13(12)10-14/h2-6,14H,1,7-11H2,(H,18,19). The topological polar surface area (TPSA) is 57.6 Å². The van der Waals surface area contributed by atoms with Crippen LogP contribution in [0.3, 0.4) is 0 Å². The number of aliphatic carboxylic acids is 1. The van der Waals surface area contributed by atoms with Gasteiger partial charge in [-0.25, -0.2) is 0 Å². The number of benzene rings is 1. The lowest BCUT2D eigenvalue weighted by atomic mass is 9.83. The quantitative estimate of drug-likeness (QED) is 0.833. The fourth-order valence-electron chi connectivity index (χ4n) is 2.72. The summed E-state index contributed by atoms with van der Waals surface area (Å²) in [6.07, 6.45) is 3.92. The summed E-state index contributed by atoms with van der Waals surface area (Å²) in [4.78, 5) is 24.7. The predicted molar refractivity (Wildman–Crippen MR) is 76.4 cm³/mol. The van der Waals surface area contributed by atoms with Crippen molar-refractivity contribution >= 4 is 11.9 Å². The molecule has 4 heteroatoms. The Morgan fingerprint density at radius 2 is 2.05 bits per heavy atom. The molecule has 0 aromatic heterocycles. The Balaban J connectivity index is 2.09. The highest BCUT2D eigenvalue weighted by Gasteiger charge is 2.28. The number of carboxylic acids is 1. The number of nitrogens with zero attached hydrogens (tertiary/aromatic N) is 1. The molecule has 1 aliphatic rings. The van der Waals surface area contributed by atoms with Crippen molar-refractivity contribution in [2.75, 3.05) is 13.1 Å². The van der Waals surface area contributed by atoms with Crippen LogP contribution in [0, 0.1) is 5.92 Å². The maximum absolute atomic E-state index is 12.4. The van der Waals surface area contributed by atoms with Crippen LogP contribution in [0.4, 0.5) is 0 Å². The third-order valence-corrected chi connectivity index (χ3v) is 3.68. The zero-order chi connectivity index (χ0) is 14.5. The van der Waals surface area contributed by atoms with Crippen molar-refractivity contribution in [1.29, 1.82) is 0 Å². The van der Waals surface area contributed by atoms with E-state index in [-0.39, 0.29) is 24.9 Å². The molecule has 0 saturated carbocycles. The van der Waals surface area contributed by atoms with Crippen molar-refractivity contribution in [3.63, 3.8) is 0 Å². The highest BCUT2D eigenvalue weighted by Crippen LogP contribution is 2.26. The van der Waals surface area contributed by atoms with Gasteiger partial charge in [0.05, 0.1) is 0 Å². The van der Waals surface area contributed by atoms with Crippen LogP contribution in [0.25, 0.3) is 0 Å². The lowest BCUT2D eigenvalue weighted by molar-refractivity contribution is -0.146. The van der Waals surface area contributed by atoms with Gasteiger partial charge in [-0.05, 0) is 30.4 Å². The van der Waals surface area contributed by atoms with E-state index in [2.05, 4.69) is 12.6 Å². The fourth-order valence-corrected chi connectivity index (χ4v) is 2.72. The molecule has 1 aromatic rings. The van der Waals surface area contributed by atoms with E-state index >= 15 is 0 Å². The van der Waals surface area contributed by atoms with E-state index in [1.54, 1.807) is 6.08 Å². The number of amides is 1.